The molecular formula is C35H33Br2N2O8S2+. The quantitative estimate of drug-likeness (QED) is 0.0685. The van der Waals surface area contributed by atoms with Crippen molar-refractivity contribution in [2.75, 3.05) is 23.0 Å². The van der Waals surface area contributed by atoms with Crippen LogP contribution in [0.1, 0.15) is 31.6 Å². The molecule has 0 saturated heterocycles. The second-order valence-electron chi connectivity index (χ2n) is 11.7. The first-order valence-electron chi connectivity index (χ1n) is 15.5. The van der Waals surface area contributed by atoms with Crippen LogP contribution < -0.4 is 14.2 Å². The molecule has 0 unspecified atom stereocenters. The minimum atomic E-state index is -4.10. The number of anilines is 1. The van der Waals surface area contributed by atoms with E-state index < -0.39 is 20.2 Å². The van der Waals surface area contributed by atoms with Crippen LogP contribution in [-0.4, -0.2) is 44.0 Å². The highest BCUT2D eigenvalue weighted by Gasteiger charge is 2.30. The topological polar surface area (TPSA) is 138 Å². The number of hydrogen-bond acceptors (Lipinski definition) is 7. The molecule has 2 N–H and O–H groups in total. The highest BCUT2D eigenvalue weighted by Crippen LogP contribution is 2.42. The van der Waals surface area contributed by atoms with E-state index in [1.54, 1.807) is 6.08 Å². The summed E-state index contributed by atoms with van der Waals surface area (Å²) >= 11 is 6.97. The van der Waals surface area contributed by atoms with E-state index in [9.17, 15) is 25.9 Å². The number of nitrogens with zero attached hydrogens (tertiary/aromatic N) is 2. The zero-order chi connectivity index (χ0) is 34.8. The van der Waals surface area contributed by atoms with Crippen LogP contribution in [0, 0.1) is 0 Å². The summed E-state index contributed by atoms with van der Waals surface area (Å²) in [5.41, 5.74) is 6.18. The standard InChI is InChI=1S/C35H32Br2N2O8S2/c36-28-11-5-24(6-12-28)26-9-15-32-30(21-26)38(17-1-3-19-48(40,41)42)34(46-32)23-35-39(18-2-4-20-49(43,44)45)31-22-27(10-16-33(31)47-35)25-7-13-29(37)14-8-25/h5-16,21-23H,1-4,17-20H2,(H-,40,41,42,43,44,45)/p+1. The second-order valence-corrected chi connectivity index (χ2v) is 16.7. The van der Waals surface area contributed by atoms with E-state index in [-0.39, 0.29) is 24.3 Å². The molecule has 2 heterocycles. The van der Waals surface area contributed by atoms with Gasteiger partial charge >= 0.3 is 5.89 Å². The lowest BCUT2D eigenvalue weighted by Gasteiger charge is -2.18. The zero-order valence-corrected chi connectivity index (χ0v) is 30.9. The van der Waals surface area contributed by atoms with Crippen molar-refractivity contribution in [2.24, 2.45) is 0 Å². The first-order valence-corrected chi connectivity index (χ1v) is 20.3. The summed E-state index contributed by atoms with van der Waals surface area (Å²) in [6, 6.07) is 27.7. The maximum atomic E-state index is 11.4. The van der Waals surface area contributed by atoms with E-state index in [0.717, 1.165) is 42.4 Å². The van der Waals surface area contributed by atoms with Gasteiger partial charge in [0.2, 0.25) is 11.5 Å². The van der Waals surface area contributed by atoms with Crippen LogP contribution in [0.25, 0.3) is 39.4 Å². The van der Waals surface area contributed by atoms with Gasteiger partial charge < -0.3 is 14.1 Å². The first-order chi connectivity index (χ1) is 23.3. The fraction of sp³-hybridized carbons (Fsp3) is 0.229. The zero-order valence-electron chi connectivity index (χ0n) is 26.1. The van der Waals surface area contributed by atoms with Gasteiger partial charge in [-0.25, -0.2) is 0 Å². The molecule has 0 atom stereocenters. The molecular weight excluding hydrogens is 800 g/mol. The van der Waals surface area contributed by atoms with Crippen molar-refractivity contribution in [3.05, 3.63) is 106 Å². The average molecular weight is 834 g/mol. The molecule has 1 aliphatic rings. The highest BCUT2D eigenvalue weighted by molar-refractivity contribution is 9.10. The van der Waals surface area contributed by atoms with E-state index in [4.69, 9.17) is 9.15 Å². The van der Waals surface area contributed by atoms with Crippen molar-refractivity contribution >= 4 is 75.0 Å². The predicted molar refractivity (Wildman–Crippen MR) is 196 cm³/mol. The summed E-state index contributed by atoms with van der Waals surface area (Å²) in [5, 5.41) is 0. The summed E-state index contributed by atoms with van der Waals surface area (Å²) in [4.78, 5) is 1.96. The lowest BCUT2D eigenvalue weighted by molar-refractivity contribution is -0.678. The Hall–Kier alpha value is -3.53. The SMILES string of the molecule is O=S(=O)(O)CCCCN1C(=Cc2oc3ccc(-c4ccc(Br)cc4)cc3[n+]2CCCCS(=O)(=O)O)Oc2ccc(-c3ccc(Br)cc3)cc21. The molecule has 0 bridgehead atoms. The molecule has 0 spiro atoms. The summed E-state index contributed by atoms with van der Waals surface area (Å²) in [5.74, 6) is 0.860. The Kier molecular flexibility index (Phi) is 10.6. The number of unbranched alkanes of at least 4 members (excludes halogenated alkanes) is 2. The molecule has 6 rings (SSSR count). The Morgan fingerprint density at radius 3 is 1.86 bits per heavy atom. The van der Waals surface area contributed by atoms with E-state index >= 15 is 0 Å². The Morgan fingerprint density at radius 2 is 1.24 bits per heavy atom. The monoisotopic (exact) mass is 831 g/mol. The van der Waals surface area contributed by atoms with E-state index in [1.807, 2.05) is 94.4 Å². The third-order valence-electron chi connectivity index (χ3n) is 8.13. The Morgan fingerprint density at radius 1 is 0.694 bits per heavy atom. The van der Waals surface area contributed by atoms with Gasteiger partial charge in [-0.15, -0.1) is 0 Å². The van der Waals surface area contributed by atoms with Gasteiger partial charge in [0.05, 0.1) is 17.2 Å². The van der Waals surface area contributed by atoms with Crippen molar-refractivity contribution in [3.63, 3.8) is 0 Å². The molecule has 0 aliphatic carbocycles. The van der Waals surface area contributed by atoms with Gasteiger partial charge in [0, 0.05) is 28.0 Å². The molecule has 1 aliphatic heterocycles. The maximum Gasteiger partial charge on any atom is 0.379 e. The number of halogens is 2. The number of ether oxygens (including phenoxy) is 1. The highest BCUT2D eigenvalue weighted by atomic mass is 79.9. The summed E-state index contributed by atoms with van der Waals surface area (Å²) in [6.07, 6.45) is 3.19. The molecule has 10 nitrogen and oxygen atoms in total. The molecule has 1 aromatic heterocycles. The number of aryl methyl sites for hydroxylation is 1. The minimum Gasteiger partial charge on any atom is -0.438 e. The first kappa shape index (κ1) is 35.3. The van der Waals surface area contributed by atoms with Crippen LogP contribution in [0.5, 0.6) is 5.75 Å². The number of rotatable bonds is 13. The number of fused-ring (bicyclic) bond motifs is 2. The van der Waals surface area contributed by atoms with Crippen molar-refractivity contribution in [1.82, 2.24) is 0 Å². The van der Waals surface area contributed by atoms with Crippen LogP contribution in [0.15, 0.2) is 104 Å². The molecule has 0 amide bonds. The molecule has 4 aromatic carbocycles. The minimum absolute atomic E-state index is 0.252. The van der Waals surface area contributed by atoms with E-state index in [2.05, 4.69) is 31.9 Å². The maximum absolute atomic E-state index is 11.4. The molecule has 0 radical (unpaired) electrons. The lowest BCUT2D eigenvalue weighted by atomic mass is 10.0. The van der Waals surface area contributed by atoms with E-state index in [1.165, 1.54) is 0 Å². The van der Waals surface area contributed by atoms with Crippen LogP contribution in [0.2, 0.25) is 0 Å². The van der Waals surface area contributed by atoms with Crippen molar-refractivity contribution in [3.8, 4) is 28.0 Å². The second kappa shape index (κ2) is 14.8. The molecule has 256 valence electrons. The molecule has 49 heavy (non-hydrogen) atoms. The van der Waals surface area contributed by atoms with Crippen LogP contribution >= 0.6 is 31.9 Å². The van der Waals surface area contributed by atoms with Gasteiger partial charge in [0.25, 0.3) is 25.8 Å². The van der Waals surface area contributed by atoms with Crippen molar-refractivity contribution < 1.29 is 39.7 Å². The number of aromatic nitrogens is 1. The van der Waals surface area contributed by atoms with Crippen molar-refractivity contribution in [2.45, 2.75) is 32.2 Å². The van der Waals surface area contributed by atoms with Crippen LogP contribution in [-0.2, 0) is 26.8 Å². The van der Waals surface area contributed by atoms with Gasteiger partial charge in [0.1, 0.15) is 6.08 Å². The molecule has 14 heteroatoms. The number of benzene rings is 4. The molecule has 0 fully saturated rings. The fourth-order valence-corrected chi connectivity index (χ4v) is 7.40. The smallest absolute Gasteiger partial charge is 0.379 e. The van der Waals surface area contributed by atoms with Crippen LogP contribution in [0.4, 0.5) is 5.69 Å². The van der Waals surface area contributed by atoms with Gasteiger partial charge in [-0.1, -0.05) is 68.3 Å². The predicted octanol–water partition coefficient (Wildman–Crippen LogP) is 8.11. The number of oxazole rings is 1. The van der Waals surface area contributed by atoms with Gasteiger partial charge in [0.15, 0.2) is 12.3 Å². The molecule has 0 saturated carbocycles. The third kappa shape index (κ3) is 8.99. The number of hydrogen-bond donors (Lipinski definition) is 2. The van der Waals surface area contributed by atoms with E-state index in [0.29, 0.717) is 49.0 Å². The van der Waals surface area contributed by atoms with Gasteiger partial charge in [-0.05, 0) is 84.0 Å². The Balaban J connectivity index is 1.39. The van der Waals surface area contributed by atoms with Gasteiger partial charge in [-0.3, -0.25) is 9.11 Å². The van der Waals surface area contributed by atoms with Crippen LogP contribution in [0.3, 0.4) is 0 Å². The lowest BCUT2D eigenvalue weighted by Crippen LogP contribution is -2.36. The largest absolute Gasteiger partial charge is 0.438 e. The van der Waals surface area contributed by atoms with Gasteiger partial charge in [-0.2, -0.15) is 21.4 Å². The van der Waals surface area contributed by atoms with Crippen molar-refractivity contribution in [1.29, 1.82) is 0 Å². The summed E-state index contributed by atoms with van der Waals surface area (Å²) in [6.45, 7) is 0.806. The Bertz CT molecular complexity index is 2240. The summed E-state index contributed by atoms with van der Waals surface area (Å²) < 4.78 is 80.9. The average Bonchev–Trinajstić information content (AvgIpc) is 3.57. The Labute approximate surface area is 301 Å². The fourth-order valence-electron chi connectivity index (χ4n) is 5.74. The third-order valence-corrected chi connectivity index (χ3v) is 10.8. The molecule has 5 aromatic rings. The normalized spacial score (nSPS) is 14.0. The summed E-state index contributed by atoms with van der Waals surface area (Å²) in [7, 11) is -8.20.